The van der Waals surface area contributed by atoms with Crippen molar-refractivity contribution in [3.63, 3.8) is 0 Å². The molecule has 134 valence electrons. The van der Waals surface area contributed by atoms with E-state index in [0.29, 0.717) is 17.7 Å². The number of aromatic nitrogens is 1. The molecular formula is C19H15F3N2O2. The molecule has 1 N–H and O–H groups in total. The summed E-state index contributed by atoms with van der Waals surface area (Å²) in [6.45, 7) is 2.17. The van der Waals surface area contributed by atoms with Crippen LogP contribution in [0.1, 0.15) is 22.8 Å². The van der Waals surface area contributed by atoms with Crippen LogP contribution >= 0.6 is 0 Å². The number of pyridine rings is 1. The van der Waals surface area contributed by atoms with E-state index in [4.69, 9.17) is 0 Å². The second-order valence-electron chi connectivity index (χ2n) is 5.71. The molecule has 0 atom stereocenters. The molecule has 0 bridgehead atoms. The number of hydrogen-bond donors (Lipinski definition) is 1. The SMILES string of the molecule is CCn1cc(C(=O)Nc2ccccc2)c(=O)c2cc(C(F)(F)F)ccc21. The number of amides is 1. The van der Waals surface area contributed by atoms with Gasteiger partial charge in [0.1, 0.15) is 5.56 Å². The number of fused-ring (bicyclic) bond motifs is 1. The summed E-state index contributed by atoms with van der Waals surface area (Å²) in [7, 11) is 0. The third-order valence-electron chi connectivity index (χ3n) is 4.02. The fraction of sp³-hybridized carbons (Fsp3) is 0.158. The van der Waals surface area contributed by atoms with Crippen LogP contribution in [-0.2, 0) is 12.7 Å². The number of alkyl halides is 3. The Balaban J connectivity index is 2.15. The lowest BCUT2D eigenvalue weighted by atomic mass is 10.1. The zero-order valence-electron chi connectivity index (χ0n) is 13.8. The Bertz CT molecular complexity index is 1020. The van der Waals surface area contributed by atoms with Gasteiger partial charge >= 0.3 is 6.18 Å². The van der Waals surface area contributed by atoms with Gasteiger partial charge in [-0.2, -0.15) is 13.2 Å². The molecule has 0 aliphatic rings. The molecule has 0 aliphatic heterocycles. The van der Waals surface area contributed by atoms with Crippen molar-refractivity contribution in [2.45, 2.75) is 19.6 Å². The molecule has 0 saturated carbocycles. The molecule has 0 aliphatic carbocycles. The summed E-state index contributed by atoms with van der Waals surface area (Å²) >= 11 is 0. The van der Waals surface area contributed by atoms with Gasteiger partial charge in [-0.1, -0.05) is 18.2 Å². The Hall–Kier alpha value is -3.09. The fourth-order valence-corrected chi connectivity index (χ4v) is 2.72. The first-order valence-electron chi connectivity index (χ1n) is 7.92. The molecule has 3 rings (SSSR count). The van der Waals surface area contributed by atoms with Crippen molar-refractivity contribution in [2.24, 2.45) is 0 Å². The van der Waals surface area contributed by atoms with Gasteiger partial charge in [-0.25, -0.2) is 0 Å². The third-order valence-corrected chi connectivity index (χ3v) is 4.02. The monoisotopic (exact) mass is 360 g/mol. The van der Waals surface area contributed by atoms with E-state index in [9.17, 15) is 22.8 Å². The lowest BCUT2D eigenvalue weighted by Gasteiger charge is -2.14. The van der Waals surface area contributed by atoms with Gasteiger partial charge in [0.15, 0.2) is 0 Å². The first-order valence-corrected chi connectivity index (χ1v) is 7.92. The number of benzene rings is 2. The van der Waals surface area contributed by atoms with E-state index in [0.717, 1.165) is 12.1 Å². The summed E-state index contributed by atoms with van der Waals surface area (Å²) in [5, 5.41) is 2.45. The summed E-state index contributed by atoms with van der Waals surface area (Å²) in [5.74, 6) is -0.664. The number of carbonyl (C=O) groups excluding carboxylic acids is 1. The standard InChI is InChI=1S/C19H15F3N2O2/c1-2-24-11-15(18(26)23-13-6-4-3-5-7-13)17(25)14-10-12(19(20,21)22)8-9-16(14)24/h3-11H,2H2,1H3,(H,23,26). The Morgan fingerprint density at radius 1 is 1.12 bits per heavy atom. The second kappa shape index (κ2) is 6.67. The molecule has 0 radical (unpaired) electrons. The smallest absolute Gasteiger partial charge is 0.347 e. The van der Waals surface area contributed by atoms with Crippen LogP contribution in [0.3, 0.4) is 0 Å². The Morgan fingerprint density at radius 3 is 2.42 bits per heavy atom. The van der Waals surface area contributed by atoms with Crippen LogP contribution in [-0.4, -0.2) is 10.5 Å². The largest absolute Gasteiger partial charge is 0.416 e. The highest BCUT2D eigenvalue weighted by Gasteiger charge is 2.31. The molecule has 1 aromatic heterocycles. The first-order chi connectivity index (χ1) is 12.3. The number of nitrogens with one attached hydrogen (secondary N) is 1. The molecule has 1 heterocycles. The predicted octanol–water partition coefficient (Wildman–Crippen LogP) is 4.29. The summed E-state index contributed by atoms with van der Waals surface area (Å²) in [6.07, 6.45) is -3.20. The summed E-state index contributed by atoms with van der Waals surface area (Å²) < 4.78 is 40.5. The second-order valence-corrected chi connectivity index (χ2v) is 5.71. The van der Waals surface area contributed by atoms with E-state index in [-0.39, 0.29) is 10.9 Å². The molecule has 0 spiro atoms. The van der Waals surface area contributed by atoms with Gasteiger partial charge in [-0.3, -0.25) is 9.59 Å². The fourth-order valence-electron chi connectivity index (χ4n) is 2.72. The highest BCUT2D eigenvalue weighted by atomic mass is 19.4. The number of carbonyl (C=O) groups is 1. The number of rotatable bonds is 3. The van der Waals surface area contributed by atoms with E-state index >= 15 is 0 Å². The number of hydrogen-bond acceptors (Lipinski definition) is 2. The van der Waals surface area contributed by atoms with E-state index in [1.165, 1.54) is 12.3 Å². The van der Waals surface area contributed by atoms with Gasteiger partial charge in [-0.05, 0) is 37.3 Å². The predicted molar refractivity (Wildman–Crippen MR) is 93.3 cm³/mol. The topological polar surface area (TPSA) is 51.1 Å². The Morgan fingerprint density at radius 2 is 1.81 bits per heavy atom. The average molecular weight is 360 g/mol. The van der Waals surface area contributed by atoms with Crippen molar-refractivity contribution < 1.29 is 18.0 Å². The van der Waals surface area contributed by atoms with Crippen LogP contribution in [0.15, 0.2) is 59.5 Å². The van der Waals surface area contributed by atoms with E-state index < -0.39 is 23.1 Å². The van der Waals surface area contributed by atoms with Gasteiger partial charge in [0.05, 0.1) is 11.1 Å². The van der Waals surface area contributed by atoms with Crippen molar-refractivity contribution in [2.75, 3.05) is 5.32 Å². The highest BCUT2D eigenvalue weighted by molar-refractivity contribution is 6.05. The van der Waals surface area contributed by atoms with Gasteiger partial charge in [0, 0.05) is 23.8 Å². The molecule has 0 unspecified atom stereocenters. The summed E-state index contributed by atoms with van der Waals surface area (Å²) in [5.41, 5.74) is -1.03. The van der Waals surface area contributed by atoms with E-state index in [1.54, 1.807) is 41.8 Å². The van der Waals surface area contributed by atoms with Crippen LogP contribution in [0, 0.1) is 0 Å². The van der Waals surface area contributed by atoms with Crippen LogP contribution in [0.4, 0.5) is 18.9 Å². The molecule has 1 amide bonds. The van der Waals surface area contributed by atoms with Gasteiger partial charge in [0.2, 0.25) is 5.43 Å². The number of aryl methyl sites for hydroxylation is 1. The molecule has 7 heteroatoms. The average Bonchev–Trinajstić information content (AvgIpc) is 2.62. The van der Waals surface area contributed by atoms with Crippen molar-refractivity contribution in [3.8, 4) is 0 Å². The number of nitrogens with zero attached hydrogens (tertiary/aromatic N) is 1. The quantitative estimate of drug-likeness (QED) is 0.757. The zero-order chi connectivity index (χ0) is 18.9. The lowest BCUT2D eigenvalue weighted by molar-refractivity contribution is -0.137. The minimum absolute atomic E-state index is 0.137. The van der Waals surface area contributed by atoms with Crippen molar-refractivity contribution >= 4 is 22.5 Å². The summed E-state index contributed by atoms with van der Waals surface area (Å²) in [4.78, 5) is 25.1. The minimum Gasteiger partial charge on any atom is -0.347 e. The van der Waals surface area contributed by atoms with E-state index in [2.05, 4.69) is 5.32 Å². The molecule has 4 nitrogen and oxygen atoms in total. The number of para-hydroxylation sites is 1. The molecule has 3 aromatic rings. The minimum atomic E-state index is -4.57. The maximum Gasteiger partial charge on any atom is 0.416 e. The normalized spacial score (nSPS) is 11.5. The first kappa shape index (κ1) is 17.7. The molecule has 26 heavy (non-hydrogen) atoms. The van der Waals surface area contributed by atoms with Gasteiger partial charge in [-0.15, -0.1) is 0 Å². The molecule has 0 fully saturated rings. The highest BCUT2D eigenvalue weighted by Crippen LogP contribution is 2.30. The molecular weight excluding hydrogens is 345 g/mol. The summed E-state index contributed by atoms with van der Waals surface area (Å²) in [6, 6.07) is 11.5. The van der Waals surface area contributed by atoms with Crippen LogP contribution in [0.25, 0.3) is 10.9 Å². The van der Waals surface area contributed by atoms with Crippen molar-refractivity contribution in [1.82, 2.24) is 4.57 Å². The number of anilines is 1. The Labute approximate surface area is 146 Å². The molecule has 2 aromatic carbocycles. The molecule has 0 saturated heterocycles. The van der Waals surface area contributed by atoms with E-state index in [1.807, 2.05) is 0 Å². The van der Waals surface area contributed by atoms with Crippen LogP contribution in [0.2, 0.25) is 0 Å². The maximum atomic E-state index is 13.0. The lowest BCUT2D eigenvalue weighted by Crippen LogP contribution is -2.24. The van der Waals surface area contributed by atoms with Gasteiger partial charge in [0.25, 0.3) is 5.91 Å². The Kier molecular flexibility index (Phi) is 4.54. The zero-order valence-corrected chi connectivity index (χ0v) is 13.8. The van der Waals surface area contributed by atoms with Crippen LogP contribution in [0.5, 0.6) is 0 Å². The van der Waals surface area contributed by atoms with Gasteiger partial charge < -0.3 is 9.88 Å². The van der Waals surface area contributed by atoms with Crippen LogP contribution < -0.4 is 10.7 Å². The third kappa shape index (κ3) is 3.33. The van der Waals surface area contributed by atoms with Crippen molar-refractivity contribution in [1.29, 1.82) is 0 Å². The maximum absolute atomic E-state index is 13.0. The van der Waals surface area contributed by atoms with Crippen molar-refractivity contribution in [3.05, 3.63) is 76.1 Å². The number of halogens is 3.